The van der Waals surface area contributed by atoms with Crippen LogP contribution in [0.2, 0.25) is 0 Å². The van der Waals surface area contributed by atoms with Crippen molar-refractivity contribution in [1.82, 2.24) is 0 Å². The SMILES string of the molecule is CC(=O)[C@@H]1CC1(C)C. The summed E-state index contributed by atoms with van der Waals surface area (Å²) < 4.78 is 0. The molecule has 1 heteroatoms. The van der Waals surface area contributed by atoms with E-state index < -0.39 is 0 Å². The molecule has 1 rings (SSSR count). The van der Waals surface area contributed by atoms with Gasteiger partial charge in [-0.3, -0.25) is 4.79 Å². The maximum Gasteiger partial charge on any atom is 0.133 e. The van der Waals surface area contributed by atoms with Gasteiger partial charge < -0.3 is 0 Å². The molecule has 1 saturated carbocycles. The van der Waals surface area contributed by atoms with Gasteiger partial charge in [-0.25, -0.2) is 0 Å². The van der Waals surface area contributed by atoms with Crippen LogP contribution in [0.15, 0.2) is 0 Å². The van der Waals surface area contributed by atoms with Crippen LogP contribution in [0, 0.1) is 11.3 Å². The van der Waals surface area contributed by atoms with E-state index in [2.05, 4.69) is 13.8 Å². The quantitative estimate of drug-likeness (QED) is 0.503. The Kier molecular flexibility index (Phi) is 0.969. The Balaban J connectivity index is 2.48. The second-order valence-electron chi connectivity index (χ2n) is 3.36. The third-order valence-electron chi connectivity index (χ3n) is 2.00. The first-order valence-corrected chi connectivity index (χ1v) is 3.04. The predicted molar refractivity (Wildman–Crippen MR) is 32.6 cm³/mol. The van der Waals surface area contributed by atoms with Crippen molar-refractivity contribution in [3.8, 4) is 0 Å². The van der Waals surface area contributed by atoms with E-state index in [1.807, 2.05) is 0 Å². The molecule has 1 aliphatic rings. The molecule has 0 aromatic carbocycles. The number of carbonyl (C=O) groups excluding carboxylic acids is 1. The fraction of sp³-hybridized carbons (Fsp3) is 0.857. The van der Waals surface area contributed by atoms with Gasteiger partial charge >= 0.3 is 0 Å². The molecule has 1 atom stereocenters. The first kappa shape index (κ1) is 5.80. The molecule has 1 nitrogen and oxygen atoms in total. The Bertz CT molecular complexity index is 124. The van der Waals surface area contributed by atoms with E-state index in [4.69, 9.17) is 0 Å². The highest BCUT2D eigenvalue weighted by molar-refractivity contribution is 5.81. The molecular weight excluding hydrogens is 100 g/mol. The number of hydrogen-bond donors (Lipinski definition) is 0. The fourth-order valence-electron chi connectivity index (χ4n) is 1.16. The molecule has 0 heterocycles. The van der Waals surface area contributed by atoms with Crippen LogP contribution in [0.25, 0.3) is 0 Å². The summed E-state index contributed by atoms with van der Waals surface area (Å²) in [5.74, 6) is 0.734. The monoisotopic (exact) mass is 112 g/mol. The first-order valence-electron chi connectivity index (χ1n) is 3.04. The smallest absolute Gasteiger partial charge is 0.133 e. The predicted octanol–water partition coefficient (Wildman–Crippen LogP) is 1.62. The molecule has 0 aromatic heterocycles. The van der Waals surface area contributed by atoms with Gasteiger partial charge in [-0.05, 0) is 18.8 Å². The zero-order valence-electron chi connectivity index (χ0n) is 5.69. The van der Waals surface area contributed by atoms with Crippen molar-refractivity contribution in [3.63, 3.8) is 0 Å². The highest BCUT2D eigenvalue weighted by Crippen LogP contribution is 2.51. The van der Waals surface area contributed by atoms with Crippen molar-refractivity contribution < 1.29 is 4.79 Å². The van der Waals surface area contributed by atoms with E-state index in [-0.39, 0.29) is 0 Å². The van der Waals surface area contributed by atoms with Crippen LogP contribution in [0.3, 0.4) is 0 Å². The first-order chi connectivity index (χ1) is 3.54. The minimum Gasteiger partial charge on any atom is -0.300 e. The zero-order chi connectivity index (χ0) is 6.36. The molecule has 0 spiro atoms. The molecule has 0 aliphatic heterocycles. The second-order valence-corrected chi connectivity index (χ2v) is 3.36. The van der Waals surface area contributed by atoms with Gasteiger partial charge in [-0.2, -0.15) is 0 Å². The van der Waals surface area contributed by atoms with Crippen LogP contribution in [0.5, 0.6) is 0 Å². The van der Waals surface area contributed by atoms with Crippen LogP contribution in [0.4, 0.5) is 0 Å². The maximum atomic E-state index is 10.6. The molecular formula is C7H12O. The Morgan fingerprint density at radius 3 is 2.00 bits per heavy atom. The van der Waals surface area contributed by atoms with Gasteiger partial charge in [-0.1, -0.05) is 13.8 Å². The van der Waals surface area contributed by atoms with Gasteiger partial charge in [0.2, 0.25) is 0 Å². The summed E-state index contributed by atoms with van der Waals surface area (Å²) >= 11 is 0. The van der Waals surface area contributed by atoms with Crippen LogP contribution >= 0.6 is 0 Å². The van der Waals surface area contributed by atoms with Crippen molar-refractivity contribution in [2.24, 2.45) is 11.3 Å². The van der Waals surface area contributed by atoms with Crippen LogP contribution in [-0.2, 0) is 4.79 Å². The van der Waals surface area contributed by atoms with Gasteiger partial charge in [0.25, 0.3) is 0 Å². The van der Waals surface area contributed by atoms with Crippen LogP contribution in [0.1, 0.15) is 27.2 Å². The number of carbonyl (C=O) groups is 1. The summed E-state index contributed by atoms with van der Waals surface area (Å²) in [6, 6.07) is 0. The van der Waals surface area contributed by atoms with E-state index >= 15 is 0 Å². The van der Waals surface area contributed by atoms with Crippen molar-refractivity contribution in [3.05, 3.63) is 0 Å². The summed E-state index contributed by atoms with van der Waals surface area (Å²) in [6.07, 6.45) is 1.10. The maximum absolute atomic E-state index is 10.6. The van der Waals surface area contributed by atoms with E-state index in [1.165, 1.54) is 0 Å². The van der Waals surface area contributed by atoms with E-state index in [9.17, 15) is 4.79 Å². The number of ketones is 1. The standard InChI is InChI=1S/C7H12O/c1-5(8)6-4-7(6,2)3/h6H,4H2,1-3H3/t6-/m0/s1. The lowest BCUT2D eigenvalue weighted by Gasteiger charge is -1.95. The Labute approximate surface area is 50.1 Å². The normalized spacial score (nSPS) is 32.1. The Morgan fingerprint density at radius 2 is 2.00 bits per heavy atom. The summed E-state index contributed by atoms with van der Waals surface area (Å²) in [7, 11) is 0. The summed E-state index contributed by atoms with van der Waals surface area (Å²) in [5.41, 5.74) is 0.339. The Hall–Kier alpha value is -0.330. The van der Waals surface area contributed by atoms with Gasteiger partial charge in [-0.15, -0.1) is 0 Å². The molecule has 0 saturated heterocycles. The lowest BCUT2D eigenvalue weighted by molar-refractivity contribution is -0.118. The molecule has 1 aliphatic carbocycles. The fourth-order valence-corrected chi connectivity index (χ4v) is 1.16. The third kappa shape index (κ3) is 0.770. The van der Waals surface area contributed by atoms with E-state index in [0.29, 0.717) is 17.1 Å². The van der Waals surface area contributed by atoms with Crippen LogP contribution < -0.4 is 0 Å². The van der Waals surface area contributed by atoms with Crippen molar-refractivity contribution in [2.45, 2.75) is 27.2 Å². The van der Waals surface area contributed by atoms with Crippen molar-refractivity contribution in [2.75, 3.05) is 0 Å². The number of hydrogen-bond acceptors (Lipinski definition) is 1. The average molecular weight is 112 g/mol. The molecule has 0 radical (unpaired) electrons. The third-order valence-corrected chi connectivity index (χ3v) is 2.00. The topological polar surface area (TPSA) is 17.1 Å². The van der Waals surface area contributed by atoms with Crippen molar-refractivity contribution in [1.29, 1.82) is 0 Å². The van der Waals surface area contributed by atoms with Crippen LogP contribution in [-0.4, -0.2) is 5.78 Å². The Morgan fingerprint density at radius 1 is 1.62 bits per heavy atom. The largest absolute Gasteiger partial charge is 0.300 e. The number of Topliss-reactive ketones (excluding diaryl/α,β-unsaturated/α-hetero) is 1. The minimum atomic E-state index is 0.339. The summed E-state index contributed by atoms with van der Waals surface area (Å²) in [5, 5.41) is 0. The molecule has 1 fully saturated rings. The van der Waals surface area contributed by atoms with Gasteiger partial charge in [0.05, 0.1) is 0 Å². The lowest BCUT2D eigenvalue weighted by Crippen LogP contribution is -1.99. The number of rotatable bonds is 1. The van der Waals surface area contributed by atoms with E-state index in [0.717, 1.165) is 6.42 Å². The second kappa shape index (κ2) is 1.34. The molecule has 8 heavy (non-hydrogen) atoms. The van der Waals surface area contributed by atoms with Gasteiger partial charge in [0, 0.05) is 5.92 Å². The summed E-state index contributed by atoms with van der Waals surface area (Å²) in [4.78, 5) is 10.6. The summed E-state index contributed by atoms with van der Waals surface area (Å²) in [6.45, 7) is 5.96. The molecule has 46 valence electrons. The highest BCUT2D eigenvalue weighted by atomic mass is 16.1. The molecule has 0 amide bonds. The lowest BCUT2D eigenvalue weighted by atomic mass is 10.1. The van der Waals surface area contributed by atoms with Crippen molar-refractivity contribution >= 4 is 5.78 Å². The molecule has 0 unspecified atom stereocenters. The van der Waals surface area contributed by atoms with E-state index in [1.54, 1.807) is 6.92 Å². The molecule has 0 bridgehead atoms. The molecule has 0 aromatic rings. The van der Waals surface area contributed by atoms with Gasteiger partial charge in [0.15, 0.2) is 0 Å². The minimum absolute atomic E-state index is 0.339. The molecule has 0 N–H and O–H groups in total. The average Bonchev–Trinajstić information content (AvgIpc) is 2.13. The highest BCUT2D eigenvalue weighted by Gasteiger charge is 2.48. The van der Waals surface area contributed by atoms with Gasteiger partial charge in [0.1, 0.15) is 5.78 Å². The zero-order valence-corrected chi connectivity index (χ0v) is 5.69.